The van der Waals surface area contributed by atoms with Crippen molar-refractivity contribution in [3.8, 4) is 6.07 Å². The second kappa shape index (κ2) is 4.81. The molecule has 0 heterocycles. The number of hydrogen-bond donors (Lipinski definition) is 2. The molecule has 0 spiro atoms. The highest BCUT2D eigenvalue weighted by atomic mass is 32.2. The molecule has 0 unspecified atom stereocenters. The van der Waals surface area contributed by atoms with Gasteiger partial charge in [0.05, 0.1) is 11.6 Å². The summed E-state index contributed by atoms with van der Waals surface area (Å²) in [4.78, 5) is 2.00. The molecule has 0 saturated heterocycles. The van der Waals surface area contributed by atoms with Gasteiger partial charge < -0.3 is 11.5 Å². The maximum absolute atomic E-state index is 8.70. The van der Waals surface area contributed by atoms with Gasteiger partial charge in [-0.15, -0.1) is 0 Å². The lowest BCUT2D eigenvalue weighted by atomic mass is 10.2. The second-order valence-electron chi connectivity index (χ2n) is 3.54. The third-order valence-corrected chi connectivity index (χ3v) is 3.34. The van der Waals surface area contributed by atoms with Gasteiger partial charge in [-0.2, -0.15) is 5.26 Å². The van der Waals surface area contributed by atoms with Crippen LogP contribution in [0.5, 0.6) is 0 Å². The molecule has 0 bridgehead atoms. The van der Waals surface area contributed by atoms with Gasteiger partial charge in [0.2, 0.25) is 0 Å². The first-order valence-corrected chi connectivity index (χ1v) is 5.84. The number of benzene rings is 2. The fourth-order valence-corrected chi connectivity index (χ4v) is 2.22. The molecular formula is C13H11N3S. The van der Waals surface area contributed by atoms with Crippen LogP contribution in [0.25, 0.3) is 0 Å². The Morgan fingerprint density at radius 2 is 1.71 bits per heavy atom. The summed E-state index contributed by atoms with van der Waals surface area (Å²) in [5.74, 6) is 0. The average Bonchev–Trinajstić information content (AvgIpc) is 2.34. The van der Waals surface area contributed by atoms with E-state index < -0.39 is 0 Å². The van der Waals surface area contributed by atoms with Crippen LogP contribution in [0.3, 0.4) is 0 Å². The molecule has 17 heavy (non-hydrogen) atoms. The molecule has 0 saturated carbocycles. The summed E-state index contributed by atoms with van der Waals surface area (Å²) >= 11 is 1.55. The Kier molecular flexibility index (Phi) is 3.22. The molecular weight excluding hydrogens is 230 g/mol. The zero-order valence-electron chi connectivity index (χ0n) is 9.05. The van der Waals surface area contributed by atoms with E-state index in [0.29, 0.717) is 16.9 Å². The number of nitrogens with zero attached hydrogens (tertiary/aromatic N) is 1. The van der Waals surface area contributed by atoms with Gasteiger partial charge in [0.15, 0.2) is 0 Å². The quantitative estimate of drug-likeness (QED) is 0.793. The summed E-state index contributed by atoms with van der Waals surface area (Å²) in [5, 5.41) is 8.70. The predicted molar refractivity (Wildman–Crippen MR) is 70.5 cm³/mol. The minimum absolute atomic E-state index is 0.652. The Labute approximate surface area is 104 Å². The molecule has 0 fully saturated rings. The van der Waals surface area contributed by atoms with Gasteiger partial charge in [0, 0.05) is 21.2 Å². The van der Waals surface area contributed by atoms with E-state index in [1.165, 1.54) is 0 Å². The SMILES string of the molecule is N#Cc1ccc(Sc2ccc(N)cc2N)cc1. The van der Waals surface area contributed by atoms with Crippen LogP contribution in [0.2, 0.25) is 0 Å². The van der Waals surface area contributed by atoms with Gasteiger partial charge in [0.1, 0.15) is 0 Å². The Bertz CT molecular complexity index is 570. The van der Waals surface area contributed by atoms with Gasteiger partial charge in [-0.3, -0.25) is 0 Å². The van der Waals surface area contributed by atoms with Crippen molar-refractivity contribution in [2.24, 2.45) is 0 Å². The van der Waals surface area contributed by atoms with Crippen LogP contribution in [0.4, 0.5) is 11.4 Å². The van der Waals surface area contributed by atoms with Crippen molar-refractivity contribution in [3.05, 3.63) is 48.0 Å². The fourth-order valence-electron chi connectivity index (χ4n) is 1.38. The lowest BCUT2D eigenvalue weighted by Crippen LogP contribution is -1.91. The number of nitrogen functional groups attached to an aromatic ring is 2. The van der Waals surface area contributed by atoms with Gasteiger partial charge in [-0.05, 0) is 42.5 Å². The predicted octanol–water partition coefficient (Wildman–Crippen LogP) is 2.87. The normalized spacial score (nSPS) is 9.82. The van der Waals surface area contributed by atoms with Crippen molar-refractivity contribution in [2.75, 3.05) is 11.5 Å². The molecule has 0 aliphatic rings. The lowest BCUT2D eigenvalue weighted by molar-refractivity contribution is 1.39. The number of rotatable bonds is 2. The zero-order chi connectivity index (χ0) is 12.3. The topological polar surface area (TPSA) is 75.8 Å². The van der Waals surface area contributed by atoms with Crippen LogP contribution >= 0.6 is 11.8 Å². The Balaban J connectivity index is 2.23. The highest BCUT2D eigenvalue weighted by molar-refractivity contribution is 7.99. The van der Waals surface area contributed by atoms with Crippen molar-refractivity contribution < 1.29 is 0 Å². The molecule has 84 valence electrons. The first-order valence-electron chi connectivity index (χ1n) is 5.02. The molecule has 2 aromatic carbocycles. The van der Waals surface area contributed by atoms with Crippen LogP contribution in [0, 0.1) is 11.3 Å². The third-order valence-electron chi connectivity index (χ3n) is 2.25. The zero-order valence-corrected chi connectivity index (χ0v) is 9.87. The van der Waals surface area contributed by atoms with Crippen molar-refractivity contribution >= 4 is 23.1 Å². The van der Waals surface area contributed by atoms with E-state index in [9.17, 15) is 0 Å². The summed E-state index contributed by atoms with van der Waals surface area (Å²) in [6, 6.07) is 14.9. The first kappa shape index (κ1) is 11.4. The van der Waals surface area contributed by atoms with Gasteiger partial charge in [0.25, 0.3) is 0 Å². The molecule has 3 nitrogen and oxygen atoms in total. The molecule has 4 N–H and O–H groups in total. The first-order chi connectivity index (χ1) is 8.19. The number of anilines is 2. The Hall–Kier alpha value is -2.12. The van der Waals surface area contributed by atoms with E-state index in [-0.39, 0.29) is 0 Å². The van der Waals surface area contributed by atoms with Gasteiger partial charge >= 0.3 is 0 Å². The molecule has 0 atom stereocenters. The fraction of sp³-hybridized carbons (Fsp3) is 0. The standard InChI is InChI=1S/C13H11N3S/c14-8-9-1-4-11(5-2-9)17-13-6-3-10(15)7-12(13)16/h1-7H,15-16H2. The minimum Gasteiger partial charge on any atom is -0.399 e. The maximum atomic E-state index is 8.70. The summed E-state index contributed by atoms with van der Waals surface area (Å²) in [6.07, 6.45) is 0. The van der Waals surface area contributed by atoms with E-state index in [2.05, 4.69) is 6.07 Å². The average molecular weight is 241 g/mol. The lowest BCUT2D eigenvalue weighted by Gasteiger charge is -2.06. The number of nitrogens with two attached hydrogens (primary N) is 2. The summed E-state index contributed by atoms with van der Waals surface area (Å²) in [5.41, 5.74) is 13.5. The van der Waals surface area contributed by atoms with E-state index in [1.807, 2.05) is 24.3 Å². The Morgan fingerprint density at radius 1 is 1.00 bits per heavy atom. The van der Waals surface area contributed by atoms with E-state index >= 15 is 0 Å². The molecule has 2 aromatic rings. The van der Waals surface area contributed by atoms with Crippen molar-refractivity contribution in [1.82, 2.24) is 0 Å². The largest absolute Gasteiger partial charge is 0.399 e. The molecule has 0 aliphatic heterocycles. The molecule has 2 rings (SSSR count). The smallest absolute Gasteiger partial charge is 0.0991 e. The third kappa shape index (κ3) is 2.71. The summed E-state index contributed by atoms with van der Waals surface area (Å²) < 4.78 is 0. The maximum Gasteiger partial charge on any atom is 0.0991 e. The Morgan fingerprint density at radius 3 is 2.29 bits per heavy atom. The van der Waals surface area contributed by atoms with Crippen LogP contribution in [0.15, 0.2) is 52.3 Å². The van der Waals surface area contributed by atoms with Gasteiger partial charge in [-0.1, -0.05) is 11.8 Å². The molecule has 4 heteroatoms. The molecule has 0 aromatic heterocycles. The highest BCUT2D eigenvalue weighted by Gasteiger charge is 2.02. The number of hydrogen-bond acceptors (Lipinski definition) is 4. The molecule has 0 radical (unpaired) electrons. The molecule has 0 amide bonds. The van der Waals surface area contributed by atoms with Gasteiger partial charge in [-0.25, -0.2) is 0 Å². The van der Waals surface area contributed by atoms with Crippen LogP contribution in [0.1, 0.15) is 5.56 Å². The monoisotopic (exact) mass is 241 g/mol. The molecule has 0 aliphatic carbocycles. The van der Waals surface area contributed by atoms with E-state index in [0.717, 1.165) is 9.79 Å². The van der Waals surface area contributed by atoms with Crippen LogP contribution in [-0.4, -0.2) is 0 Å². The van der Waals surface area contributed by atoms with E-state index in [1.54, 1.807) is 30.0 Å². The minimum atomic E-state index is 0.652. The van der Waals surface area contributed by atoms with Crippen molar-refractivity contribution in [1.29, 1.82) is 5.26 Å². The van der Waals surface area contributed by atoms with Crippen LogP contribution < -0.4 is 11.5 Å². The van der Waals surface area contributed by atoms with Crippen molar-refractivity contribution in [2.45, 2.75) is 9.79 Å². The summed E-state index contributed by atoms with van der Waals surface area (Å²) in [6.45, 7) is 0. The number of nitriles is 1. The van der Waals surface area contributed by atoms with Crippen LogP contribution in [-0.2, 0) is 0 Å². The summed E-state index contributed by atoms with van der Waals surface area (Å²) in [7, 11) is 0. The second-order valence-corrected chi connectivity index (χ2v) is 4.65. The van der Waals surface area contributed by atoms with Crippen molar-refractivity contribution in [3.63, 3.8) is 0 Å². The van der Waals surface area contributed by atoms with E-state index in [4.69, 9.17) is 16.7 Å². The highest BCUT2D eigenvalue weighted by Crippen LogP contribution is 2.32.